The molecular formula is C21H19FN4OS. The van der Waals surface area contributed by atoms with E-state index in [-0.39, 0.29) is 30.4 Å². The van der Waals surface area contributed by atoms with Gasteiger partial charge in [0.2, 0.25) is 5.91 Å². The SMILES string of the molecule is C=CCn1c(SCC(=O)N(CCC#N)c2ccc(F)cc2)nc2ccccc21. The maximum atomic E-state index is 13.2. The van der Waals surface area contributed by atoms with E-state index in [0.29, 0.717) is 12.2 Å². The Bertz CT molecular complexity index is 1020. The largest absolute Gasteiger partial charge is 0.315 e. The Morgan fingerprint density at radius 1 is 1.29 bits per heavy atom. The Hall–Kier alpha value is -3.11. The van der Waals surface area contributed by atoms with Gasteiger partial charge in [0.15, 0.2) is 5.16 Å². The van der Waals surface area contributed by atoms with Crippen molar-refractivity contribution in [2.24, 2.45) is 0 Å². The van der Waals surface area contributed by atoms with E-state index in [0.717, 1.165) is 16.2 Å². The second kappa shape index (κ2) is 9.20. The van der Waals surface area contributed by atoms with Crippen molar-refractivity contribution in [1.82, 2.24) is 9.55 Å². The van der Waals surface area contributed by atoms with Crippen LogP contribution < -0.4 is 4.90 Å². The van der Waals surface area contributed by atoms with E-state index in [4.69, 9.17) is 5.26 Å². The predicted octanol–water partition coefficient (Wildman–Crippen LogP) is 4.40. The predicted molar refractivity (Wildman–Crippen MR) is 110 cm³/mol. The van der Waals surface area contributed by atoms with Crippen LogP contribution in [0.5, 0.6) is 0 Å². The van der Waals surface area contributed by atoms with Crippen LogP contribution in [0.1, 0.15) is 6.42 Å². The number of nitriles is 1. The molecule has 2 aromatic carbocycles. The van der Waals surface area contributed by atoms with Gasteiger partial charge in [0.05, 0.1) is 29.3 Å². The number of rotatable bonds is 8. The van der Waals surface area contributed by atoms with Gasteiger partial charge in [-0.2, -0.15) is 5.26 Å². The zero-order valence-electron chi connectivity index (χ0n) is 15.2. The van der Waals surface area contributed by atoms with Gasteiger partial charge < -0.3 is 9.47 Å². The number of carbonyl (C=O) groups excluding carboxylic acids is 1. The van der Waals surface area contributed by atoms with Gasteiger partial charge in [-0.15, -0.1) is 6.58 Å². The third-order valence-electron chi connectivity index (χ3n) is 4.14. The van der Waals surface area contributed by atoms with E-state index in [1.165, 1.54) is 28.8 Å². The maximum Gasteiger partial charge on any atom is 0.237 e. The van der Waals surface area contributed by atoms with Crippen LogP contribution in [0.25, 0.3) is 11.0 Å². The van der Waals surface area contributed by atoms with Crippen LogP contribution in [0.3, 0.4) is 0 Å². The number of allylic oxidation sites excluding steroid dienone is 1. The molecule has 0 unspecified atom stereocenters. The fourth-order valence-corrected chi connectivity index (χ4v) is 3.75. The average molecular weight is 394 g/mol. The number of fused-ring (bicyclic) bond motifs is 1. The molecule has 0 aliphatic heterocycles. The molecule has 142 valence electrons. The molecule has 0 atom stereocenters. The Morgan fingerprint density at radius 3 is 2.75 bits per heavy atom. The zero-order chi connectivity index (χ0) is 19.9. The topological polar surface area (TPSA) is 61.9 Å². The van der Waals surface area contributed by atoms with E-state index in [9.17, 15) is 9.18 Å². The summed E-state index contributed by atoms with van der Waals surface area (Å²) in [6, 6.07) is 15.5. The van der Waals surface area contributed by atoms with Gasteiger partial charge in [-0.3, -0.25) is 4.79 Å². The van der Waals surface area contributed by atoms with Crippen molar-refractivity contribution < 1.29 is 9.18 Å². The first kappa shape index (κ1) is 19.6. The molecule has 0 N–H and O–H groups in total. The van der Waals surface area contributed by atoms with E-state index in [1.54, 1.807) is 18.2 Å². The van der Waals surface area contributed by atoms with Crippen LogP contribution in [0.4, 0.5) is 10.1 Å². The van der Waals surface area contributed by atoms with Crippen molar-refractivity contribution in [2.45, 2.75) is 18.1 Å². The summed E-state index contributed by atoms with van der Waals surface area (Å²) in [6.07, 6.45) is 1.99. The number of thioether (sulfide) groups is 1. The Balaban J connectivity index is 1.80. The molecule has 7 heteroatoms. The normalized spacial score (nSPS) is 10.6. The first-order chi connectivity index (χ1) is 13.6. The molecule has 0 bridgehead atoms. The van der Waals surface area contributed by atoms with Gasteiger partial charge in [0.25, 0.3) is 0 Å². The number of benzene rings is 2. The summed E-state index contributed by atoms with van der Waals surface area (Å²) >= 11 is 1.34. The van der Waals surface area contributed by atoms with Gasteiger partial charge in [0.1, 0.15) is 5.82 Å². The maximum absolute atomic E-state index is 13.2. The summed E-state index contributed by atoms with van der Waals surface area (Å²) in [5.74, 6) is -0.378. The van der Waals surface area contributed by atoms with Gasteiger partial charge in [0, 0.05) is 18.8 Å². The minimum absolute atomic E-state index is 0.156. The van der Waals surface area contributed by atoms with Crippen molar-refractivity contribution in [3.05, 3.63) is 67.0 Å². The van der Waals surface area contributed by atoms with Gasteiger partial charge in [-0.1, -0.05) is 30.0 Å². The Morgan fingerprint density at radius 2 is 2.04 bits per heavy atom. The number of halogens is 1. The molecule has 0 saturated carbocycles. The van der Waals surface area contributed by atoms with E-state index in [1.807, 2.05) is 34.9 Å². The number of amides is 1. The van der Waals surface area contributed by atoms with Crippen molar-refractivity contribution >= 4 is 34.4 Å². The number of hydrogen-bond donors (Lipinski definition) is 0. The Labute approximate surface area is 167 Å². The number of carbonyl (C=O) groups is 1. The molecule has 0 aliphatic rings. The number of para-hydroxylation sites is 2. The molecule has 28 heavy (non-hydrogen) atoms. The molecule has 0 fully saturated rings. The minimum atomic E-state index is -0.371. The van der Waals surface area contributed by atoms with Crippen molar-refractivity contribution in [3.8, 4) is 6.07 Å². The summed E-state index contributed by atoms with van der Waals surface area (Å²) in [5.41, 5.74) is 2.42. The van der Waals surface area contributed by atoms with Gasteiger partial charge in [-0.25, -0.2) is 9.37 Å². The molecule has 0 aliphatic carbocycles. The summed E-state index contributed by atoms with van der Waals surface area (Å²) in [7, 11) is 0. The molecule has 0 saturated heterocycles. The standard InChI is InChI=1S/C21H19FN4OS/c1-2-13-26-19-7-4-3-6-18(19)24-21(26)28-15-20(27)25(14-5-12-23)17-10-8-16(22)9-11-17/h2-4,6-11H,1,5,13-15H2. The smallest absolute Gasteiger partial charge is 0.237 e. The molecule has 3 aromatic rings. The molecule has 1 amide bonds. The van der Waals surface area contributed by atoms with E-state index in [2.05, 4.69) is 11.6 Å². The van der Waals surface area contributed by atoms with Crippen molar-refractivity contribution in [3.63, 3.8) is 0 Å². The highest BCUT2D eigenvalue weighted by atomic mass is 32.2. The van der Waals surface area contributed by atoms with Crippen LogP contribution >= 0.6 is 11.8 Å². The number of aromatic nitrogens is 2. The molecule has 1 aromatic heterocycles. The molecule has 3 rings (SSSR count). The van der Waals surface area contributed by atoms with Crippen LogP contribution in [0, 0.1) is 17.1 Å². The lowest BCUT2D eigenvalue weighted by Gasteiger charge is -2.21. The van der Waals surface area contributed by atoms with E-state index >= 15 is 0 Å². The Kier molecular flexibility index (Phi) is 6.45. The monoisotopic (exact) mass is 394 g/mol. The lowest BCUT2D eigenvalue weighted by molar-refractivity contribution is -0.116. The molecule has 5 nitrogen and oxygen atoms in total. The average Bonchev–Trinajstić information content (AvgIpc) is 3.06. The van der Waals surface area contributed by atoms with Crippen LogP contribution in [-0.4, -0.2) is 27.8 Å². The van der Waals surface area contributed by atoms with Gasteiger partial charge >= 0.3 is 0 Å². The molecule has 0 spiro atoms. The highest BCUT2D eigenvalue weighted by Crippen LogP contribution is 2.25. The third-order valence-corrected chi connectivity index (χ3v) is 5.10. The summed E-state index contributed by atoms with van der Waals surface area (Å²) in [6.45, 7) is 4.64. The van der Waals surface area contributed by atoms with Crippen molar-refractivity contribution in [1.29, 1.82) is 5.26 Å². The quantitative estimate of drug-likeness (QED) is 0.420. The van der Waals surface area contributed by atoms with E-state index < -0.39 is 0 Å². The zero-order valence-corrected chi connectivity index (χ0v) is 16.0. The highest BCUT2D eigenvalue weighted by molar-refractivity contribution is 7.99. The summed E-state index contributed by atoms with van der Waals surface area (Å²) in [5, 5.41) is 9.63. The first-order valence-electron chi connectivity index (χ1n) is 8.76. The third kappa shape index (κ3) is 4.41. The number of nitrogens with zero attached hydrogens (tertiary/aromatic N) is 4. The minimum Gasteiger partial charge on any atom is -0.315 e. The van der Waals surface area contributed by atoms with Crippen LogP contribution in [-0.2, 0) is 11.3 Å². The van der Waals surface area contributed by atoms with Gasteiger partial charge in [-0.05, 0) is 36.4 Å². The second-order valence-corrected chi connectivity index (χ2v) is 6.94. The molecule has 0 radical (unpaired) electrons. The van der Waals surface area contributed by atoms with Crippen molar-refractivity contribution in [2.75, 3.05) is 17.2 Å². The number of anilines is 1. The second-order valence-electron chi connectivity index (χ2n) is 6.00. The first-order valence-corrected chi connectivity index (χ1v) is 9.74. The fraction of sp³-hybridized carbons (Fsp3) is 0.190. The summed E-state index contributed by atoms with van der Waals surface area (Å²) < 4.78 is 15.2. The summed E-state index contributed by atoms with van der Waals surface area (Å²) in [4.78, 5) is 19.0. The van der Waals surface area contributed by atoms with Crippen LogP contribution in [0.15, 0.2) is 66.3 Å². The molecule has 1 heterocycles. The lowest BCUT2D eigenvalue weighted by Crippen LogP contribution is -2.33. The number of hydrogen-bond acceptors (Lipinski definition) is 4. The van der Waals surface area contributed by atoms with Crippen LogP contribution in [0.2, 0.25) is 0 Å². The lowest BCUT2D eigenvalue weighted by atomic mass is 10.2. The highest BCUT2D eigenvalue weighted by Gasteiger charge is 2.18. The fourth-order valence-electron chi connectivity index (χ4n) is 2.85. The molecular weight excluding hydrogens is 375 g/mol. The number of imidazole rings is 1.